The maximum Gasteiger partial charge on any atom is 0.339 e. The number of ether oxygens (including phenoxy) is 2. The van der Waals surface area contributed by atoms with Crippen LogP contribution in [0, 0.1) is 16.7 Å². The third-order valence-corrected chi connectivity index (χ3v) is 9.00. The van der Waals surface area contributed by atoms with Crippen LogP contribution in [-0.2, 0) is 19.9 Å². The first-order valence-corrected chi connectivity index (χ1v) is 12.5. The van der Waals surface area contributed by atoms with Crippen molar-refractivity contribution in [3.8, 4) is 0 Å². The van der Waals surface area contributed by atoms with Gasteiger partial charge in [-0.25, -0.2) is 4.79 Å². The Hall–Kier alpha value is -2.95. The number of fused-ring (bicyclic) bond motifs is 2. The third-order valence-electron chi connectivity index (χ3n) is 9.00. The second kappa shape index (κ2) is 8.92. The van der Waals surface area contributed by atoms with E-state index in [9.17, 15) is 9.90 Å². The van der Waals surface area contributed by atoms with Crippen molar-refractivity contribution in [2.45, 2.75) is 50.9 Å². The van der Waals surface area contributed by atoms with Gasteiger partial charge in [-0.1, -0.05) is 105 Å². The Labute approximate surface area is 207 Å². The van der Waals surface area contributed by atoms with Crippen LogP contribution in [0.2, 0.25) is 0 Å². The molecule has 4 heteroatoms. The molecule has 5 rings (SSSR count). The van der Waals surface area contributed by atoms with Gasteiger partial charge < -0.3 is 14.6 Å². The number of rotatable bonds is 7. The summed E-state index contributed by atoms with van der Waals surface area (Å²) in [5, 5.41) is 10.8. The van der Waals surface area contributed by atoms with Gasteiger partial charge in [0.15, 0.2) is 6.10 Å². The summed E-state index contributed by atoms with van der Waals surface area (Å²) >= 11 is 0. The molecule has 0 radical (unpaired) electrons. The fourth-order valence-corrected chi connectivity index (χ4v) is 7.32. The number of aliphatic hydroxyl groups is 1. The van der Waals surface area contributed by atoms with Crippen LogP contribution in [-0.4, -0.2) is 24.3 Å². The molecule has 1 N–H and O–H groups in total. The minimum atomic E-state index is -1.32. The number of esters is 1. The van der Waals surface area contributed by atoms with Gasteiger partial charge in [0.05, 0.1) is 5.41 Å². The van der Waals surface area contributed by atoms with Crippen molar-refractivity contribution in [2.75, 3.05) is 7.11 Å². The van der Waals surface area contributed by atoms with Crippen LogP contribution >= 0.6 is 0 Å². The summed E-state index contributed by atoms with van der Waals surface area (Å²) in [5.41, 5.74) is 1.12. The van der Waals surface area contributed by atoms with Gasteiger partial charge in [-0.2, -0.15) is 0 Å². The SMILES string of the molecule is COC(c1ccccc1)(c1ccccc1)[C@@]12CC[C@@H](C[C@@H]1OC(=O)[C@H](O)c1ccccc1)C2(C)C. The molecule has 35 heavy (non-hydrogen) atoms. The zero-order chi connectivity index (χ0) is 24.7. The highest BCUT2D eigenvalue weighted by Gasteiger charge is 2.74. The molecule has 0 aromatic heterocycles. The normalized spacial score (nSPS) is 25.8. The summed E-state index contributed by atoms with van der Waals surface area (Å²) in [6.07, 6.45) is 0.947. The van der Waals surface area contributed by atoms with Gasteiger partial charge in [-0.3, -0.25) is 0 Å². The van der Waals surface area contributed by atoms with Crippen LogP contribution in [0.5, 0.6) is 0 Å². The summed E-state index contributed by atoms with van der Waals surface area (Å²) in [6, 6.07) is 29.6. The van der Waals surface area contributed by atoms with Crippen LogP contribution < -0.4 is 0 Å². The van der Waals surface area contributed by atoms with Crippen molar-refractivity contribution in [1.29, 1.82) is 0 Å². The molecule has 0 aliphatic heterocycles. The summed E-state index contributed by atoms with van der Waals surface area (Å²) in [7, 11) is 1.77. The minimum absolute atomic E-state index is 0.169. The molecule has 4 atom stereocenters. The van der Waals surface area contributed by atoms with E-state index in [1.54, 1.807) is 19.2 Å². The molecule has 0 amide bonds. The average molecular weight is 471 g/mol. The quantitative estimate of drug-likeness (QED) is 0.427. The van der Waals surface area contributed by atoms with Crippen LogP contribution in [0.4, 0.5) is 0 Å². The molecule has 2 saturated carbocycles. The van der Waals surface area contributed by atoms with Gasteiger partial charge in [-0.05, 0) is 47.3 Å². The van der Waals surface area contributed by atoms with Gasteiger partial charge in [0.25, 0.3) is 0 Å². The van der Waals surface area contributed by atoms with E-state index in [2.05, 4.69) is 38.1 Å². The molecule has 2 aliphatic carbocycles. The first kappa shape index (κ1) is 23.8. The van der Waals surface area contributed by atoms with Gasteiger partial charge in [0, 0.05) is 7.11 Å². The van der Waals surface area contributed by atoms with Gasteiger partial charge in [0.2, 0.25) is 0 Å². The Kier molecular flexibility index (Phi) is 6.06. The van der Waals surface area contributed by atoms with E-state index in [-0.39, 0.29) is 5.41 Å². The highest BCUT2D eigenvalue weighted by molar-refractivity contribution is 5.76. The predicted octanol–water partition coefficient (Wildman–Crippen LogP) is 6.05. The Bertz CT molecular complexity index is 1120. The number of benzene rings is 3. The van der Waals surface area contributed by atoms with Gasteiger partial charge in [-0.15, -0.1) is 0 Å². The predicted molar refractivity (Wildman–Crippen MR) is 136 cm³/mol. The number of methoxy groups -OCH3 is 1. The second-order valence-corrected chi connectivity index (χ2v) is 10.5. The average Bonchev–Trinajstić information content (AvgIpc) is 3.28. The number of hydrogen-bond acceptors (Lipinski definition) is 4. The summed E-state index contributed by atoms with van der Waals surface area (Å²) in [5.74, 6) is -0.217. The van der Waals surface area contributed by atoms with E-state index in [4.69, 9.17) is 9.47 Å². The molecule has 0 saturated heterocycles. The third kappa shape index (κ3) is 3.38. The Morgan fingerprint density at radius 1 is 0.914 bits per heavy atom. The second-order valence-electron chi connectivity index (χ2n) is 10.5. The zero-order valence-electron chi connectivity index (χ0n) is 20.7. The summed E-state index contributed by atoms with van der Waals surface area (Å²) < 4.78 is 12.9. The molecule has 2 fully saturated rings. The minimum Gasteiger partial charge on any atom is -0.459 e. The van der Waals surface area contributed by atoms with Crippen LogP contribution in [0.1, 0.15) is 55.9 Å². The fourth-order valence-electron chi connectivity index (χ4n) is 7.32. The van der Waals surface area contributed by atoms with Crippen molar-refractivity contribution in [3.05, 3.63) is 108 Å². The molecule has 3 aromatic carbocycles. The lowest BCUT2D eigenvalue weighted by atomic mass is 9.54. The fraction of sp³-hybridized carbons (Fsp3) is 0.387. The van der Waals surface area contributed by atoms with Crippen LogP contribution in [0.3, 0.4) is 0 Å². The molecule has 0 unspecified atom stereocenters. The Balaban J connectivity index is 1.65. The molecule has 182 valence electrons. The molecular formula is C31H34O4. The Morgan fingerprint density at radius 3 is 1.91 bits per heavy atom. The van der Waals surface area contributed by atoms with E-state index < -0.39 is 29.2 Å². The van der Waals surface area contributed by atoms with E-state index in [1.165, 1.54) is 0 Å². The first-order chi connectivity index (χ1) is 16.9. The van der Waals surface area contributed by atoms with E-state index in [0.29, 0.717) is 11.5 Å². The van der Waals surface area contributed by atoms with E-state index in [0.717, 1.165) is 30.4 Å². The van der Waals surface area contributed by atoms with Crippen molar-refractivity contribution >= 4 is 5.97 Å². The standard InChI is InChI=1S/C31H34O4/c1-29(2)25-19-20-30(29,26(21-25)35-28(33)27(32)22-13-7-4-8-14-22)31(34-3,23-15-9-5-10-16-23)24-17-11-6-12-18-24/h4-18,25-27,32H,19-21H2,1-3H3/t25-,26-,27+,30-/m0/s1. The lowest BCUT2D eigenvalue weighted by Crippen LogP contribution is -2.58. The summed E-state index contributed by atoms with van der Waals surface area (Å²) in [4.78, 5) is 13.3. The molecule has 2 aliphatic rings. The van der Waals surface area contributed by atoms with Crippen molar-refractivity contribution in [3.63, 3.8) is 0 Å². The number of hydrogen-bond donors (Lipinski definition) is 1. The molecule has 2 bridgehead atoms. The smallest absolute Gasteiger partial charge is 0.339 e. The van der Waals surface area contributed by atoms with E-state index >= 15 is 0 Å². The number of carbonyl (C=O) groups excluding carboxylic acids is 1. The highest BCUT2D eigenvalue weighted by Crippen LogP contribution is 2.74. The maximum absolute atomic E-state index is 13.3. The van der Waals surface area contributed by atoms with Crippen molar-refractivity contribution < 1.29 is 19.4 Å². The Morgan fingerprint density at radius 2 is 1.43 bits per heavy atom. The van der Waals surface area contributed by atoms with E-state index in [1.807, 2.05) is 54.6 Å². The van der Waals surface area contributed by atoms with Crippen molar-refractivity contribution in [2.24, 2.45) is 16.7 Å². The monoisotopic (exact) mass is 470 g/mol. The largest absolute Gasteiger partial charge is 0.459 e. The van der Waals surface area contributed by atoms with Gasteiger partial charge in [0.1, 0.15) is 11.7 Å². The molecule has 0 heterocycles. The molecule has 0 spiro atoms. The topological polar surface area (TPSA) is 55.8 Å². The highest BCUT2D eigenvalue weighted by atomic mass is 16.6. The number of carbonyl (C=O) groups is 1. The lowest BCUT2D eigenvalue weighted by molar-refractivity contribution is -0.198. The molecular weight excluding hydrogens is 436 g/mol. The molecule has 3 aromatic rings. The van der Waals surface area contributed by atoms with Crippen LogP contribution in [0.15, 0.2) is 91.0 Å². The summed E-state index contributed by atoms with van der Waals surface area (Å²) in [6.45, 7) is 4.59. The first-order valence-electron chi connectivity index (χ1n) is 12.5. The maximum atomic E-state index is 13.3. The number of aliphatic hydroxyl groups excluding tert-OH is 1. The van der Waals surface area contributed by atoms with Crippen LogP contribution in [0.25, 0.3) is 0 Å². The van der Waals surface area contributed by atoms with Crippen molar-refractivity contribution in [1.82, 2.24) is 0 Å². The lowest BCUT2D eigenvalue weighted by Gasteiger charge is -2.55. The van der Waals surface area contributed by atoms with Gasteiger partial charge >= 0.3 is 5.97 Å². The molecule has 4 nitrogen and oxygen atoms in total. The zero-order valence-corrected chi connectivity index (χ0v) is 20.7.